The number of halogens is 1. The number of sulfone groups is 1. The van der Waals surface area contributed by atoms with E-state index in [1.165, 1.54) is 0 Å². The van der Waals surface area contributed by atoms with Crippen molar-refractivity contribution in [1.82, 2.24) is 14.8 Å². The molecular weight excluding hydrogens is 462 g/mol. The predicted molar refractivity (Wildman–Crippen MR) is 128 cm³/mol. The minimum Gasteiger partial charge on any atom is -0.354 e. The number of carbonyl (C=O) groups excluding carboxylic acids is 2. The first-order chi connectivity index (χ1) is 15.8. The van der Waals surface area contributed by atoms with Crippen LogP contribution in [0.15, 0.2) is 59.6 Å². The minimum atomic E-state index is -3.64. The lowest BCUT2D eigenvalue weighted by molar-refractivity contribution is -0.127. The van der Waals surface area contributed by atoms with Gasteiger partial charge in [0, 0.05) is 48.2 Å². The lowest BCUT2D eigenvalue weighted by Crippen LogP contribution is -2.32. The van der Waals surface area contributed by atoms with Crippen molar-refractivity contribution < 1.29 is 18.0 Å². The molecule has 0 spiro atoms. The van der Waals surface area contributed by atoms with Gasteiger partial charge < -0.3 is 14.8 Å². The number of aromatic nitrogens is 1. The number of benzene rings is 2. The summed E-state index contributed by atoms with van der Waals surface area (Å²) < 4.78 is 28.0. The third kappa shape index (κ3) is 5.57. The zero-order valence-corrected chi connectivity index (χ0v) is 19.7. The standard InChI is InChI=1S/C24H26ClN3O4S/c25-19-10-8-18(9-11-19)17-33(31,32)22-15-28(21-6-2-1-5-20(21)22)16-23(29)26-12-4-14-27-13-3-7-24(27)30/h1-2,5-6,8-11,15H,3-4,7,12-14,16-17H2,(H,26,29). The molecule has 0 radical (unpaired) electrons. The smallest absolute Gasteiger partial charge is 0.239 e. The maximum atomic E-state index is 13.2. The van der Waals surface area contributed by atoms with Crippen LogP contribution in [0.25, 0.3) is 10.9 Å². The van der Waals surface area contributed by atoms with E-state index in [4.69, 9.17) is 11.6 Å². The van der Waals surface area contributed by atoms with Gasteiger partial charge in [0.15, 0.2) is 9.84 Å². The summed E-state index contributed by atoms with van der Waals surface area (Å²) in [6.45, 7) is 1.90. The maximum Gasteiger partial charge on any atom is 0.239 e. The van der Waals surface area contributed by atoms with Crippen LogP contribution in [-0.4, -0.2) is 49.3 Å². The van der Waals surface area contributed by atoms with Crippen molar-refractivity contribution in [2.24, 2.45) is 0 Å². The van der Waals surface area contributed by atoms with Crippen LogP contribution in [-0.2, 0) is 31.7 Å². The van der Waals surface area contributed by atoms with Crippen molar-refractivity contribution >= 4 is 44.2 Å². The van der Waals surface area contributed by atoms with E-state index in [9.17, 15) is 18.0 Å². The van der Waals surface area contributed by atoms with Crippen LogP contribution in [0.5, 0.6) is 0 Å². The Bertz CT molecular complexity index is 1270. The highest BCUT2D eigenvalue weighted by Crippen LogP contribution is 2.28. The zero-order chi connectivity index (χ0) is 23.4. The molecule has 2 heterocycles. The van der Waals surface area contributed by atoms with Gasteiger partial charge in [-0.15, -0.1) is 0 Å². The molecule has 1 saturated heterocycles. The maximum absolute atomic E-state index is 13.2. The summed E-state index contributed by atoms with van der Waals surface area (Å²) in [6, 6.07) is 13.9. The van der Waals surface area contributed by atoms with E-state index in [-0.39, 0.29) is 29.0 Å². The fourth-order valence-corrected chi connectivity index (χ4v) is 5.83. The van der Waals surface area contributed by atoms with Crippen LogP contribution in [0.2, 0.25) is 5.02 Å². The second kappa shape index (κ2) is 9.97. The van der Waals surface area contributed by atoms with Gasteiger partial charge in [-0.3, -0.25) is 9.59 Å². The van der Waals surface area contributed by atoms with E-state index in [2.05, 4.69) is 5.32 Å². The number of likely N-dealkylation sites (tertiary alicyclic amines) is 1. The third-order valence-corrected chi connectivity index (χ3v) is 7.73. The van der Waals surface area contributed by atoms with Crippen LogP contribution in [0, 0.1) is 0 Å². The lowest BCUT2D eigenvalue weighted by atomic mass is 10.2. The van der Waals surface area contributed by atoms with E-state index >= 15 is 0 Å². The third-order valence-electron chi connectivity index (χ3n) is 5.77. The Kier molecular flexibility index (Phi) is 7.05. The summed E-state index contributed by atoms with van der Waals surface area (Å²) in [4.78, 5) is 26.2. The molecule has 1 aromatic heterocycles. The van der Waals surface area contributed by atoms with Crippen LogP contribution < -0.4 is 5.32 Å². The quantitative estimate of drug-likeness (QED) is 0.468. The van der Waals surface area contributed by atoms with E-state index in [1.807, 2.05) is 17.0 Å². The molecule has 3 aromatic rings. The van der Waals surface area contributed by atoms with Gasteiger partial charge in [-0.1, -0.05) is 41.9 Å². The fraction of sp³-hybridized carbons (Fsp3) is 0.333. The highest BCUT2D eigenvalue weighted by atomic mass is 35.5. The lowest BCUT2D eigenvalue weighted by Gasteiger charge is -2.15. The molecule has 2 amide bonds. The van der Waals surface area contributed by atoms with Crippen LogP contribution >= 0.6 is 11.6 Å². The molecule has 1 N–H and O–H groups in total. The number of rotatable bonds is 9. The Labute approximate surface area is 198 Å². The summed E-state index contributed by atoms with van der Waals surface area (Å²) in [5.74, 6) is -0.183. The van der Waals surface area contributed by atoms with Crippen LogP contribution in [0.1, 0.15) is 24.8 Å². The van der Waals surface area contributed by atoms with Crippen LogP contribution in [0.3, 0.4) is 0 Å². The van der Waals surface area contributed by atoms with Crippen LogP contribution in [0.4, 0.5) is 0 Å². The first kappa shape index (κ1) is 23.3. The van der Waals surface area contributed by atoms with Crippen molar-refractivity contribution in [3.8, 4) is 0 Å². The molecule has 9 heteroatoms. The monoisotopic (exact) mass is 487 g/mol. The second-order valence-electron chi connectivity index (χ2n) is 8.21. The first-order valence-electron chi connectivity index (χ1n) is 10.9. The van der Waals surface area contributed by atoms with Gasteiger partial charge in [0.1, 0.15) is 6.54 Å². The molecule has 1 aliphatic heterocycles. The Morgan fingerprint density at radius 3 is 2.58 bits per heavy atom. The van der Waals surface area contributed by atoms with Crippen molar-refractivity contribution in [1.29, 1.82) is 0 Å². The van der Waals surface area contributed by atoms with E-state index in [0.717, 1.165) is 13.0 Å². The van der Waals surface area contributed by atoms with Gasteiger partial charge in [-0.05, 0) is 36.6 Å². The molecule has 0 atom stereocenters. The topological polar surface area (TPSA) is 88.5 Å². The summed E-state index contributed by atoms with van der Waals surface area (Å²) in [6.07, 6.45) is 3.73. The molecule has 2 aromatic carbocycles. The molecular formula is C24H26ClN3O4S. The number of amides is 2. The Morgan fingerprint density at radius 2 is 1.85 bits per heavy atom. The number of nitrogens with one attached hydrogen (secondary N) is 1. The molecule has 1 fully saturated rings. The zero-order valence-electron chi connectivity index (χ0n) is 18.2. The second-order valence-corrected chi connectivity index (χ2v) is 10.6. The molecule has 0 bridgehead atoms. The number of fused-ring (bicyclic) bond motifs is 1. The molecule has 0 saturated carbocycles. The fourth-order valence-electron chi connectivity index (χ4n) is 4.12. The van der Waals surface area contributed by atoms with Gasteiger partial charge in [-0.2, -0.15) is 0 Å². The highest BCUT2D eigenvalue weighted by molar-refractivity contribution is 7.90. The van der Waals surface area contributed by atoms with Gasteiger partial charge in [0.2, 0.25) is 11.8 Å². The van der Waals surface area contributed by atoms with Crippen molar-refractivity contribution in [3.05, 3.63) is 65.3 Å². The van der Waals surface area contributed by atoms with Gasteiger partial charge >= 0.3 is 0 Å². The summed E-state index contributed by atoms with van der Waals surface area (Å²) in [5.41, 5.74) is 1.33. The Hall–Kier alpha value is -2.84. The predicted octanol–water partition coefficient (Wildman–Crippen LogP) is 3.40. The molecule has 33 heavy (non-hydrogen) atoms. The summed E-state index contributed by atoms with van der Waals surface area (Å²) in [7, 11) is -3.64. The number of hydrogen-bond acceptors (Lipinski definition) is 4. The largest absolute Gasteiger partial charge is 0.354 e. The molecule has 4 rings (SSSR count). The SMILES string of the molecule is O=C(Cn1cc(S(=O)(=O)Cc2ccc(Cl)cc2)c2ccccc21)NCCCN1CCCC1=O. The molecule has 7 nitrogen and oxygen atoms in total. The first-order valence-corrected chi connectivity index (χ1v) is 13.0. The normalized spacial score (nSPS) is 14.2. The van der Waals surface area contributed by atoms with E-state index in [0.29, 0.717) is 47.4 Å². The number of hydrogen-bond donors (Lipinski definition) is 1. The average molecular weight is 488 g/mol. The number of carbonyl (C=O) groups is 2. The van der Waals surface area contributed by atoms with Crippen molar-refractivity contribution in [3.63, 3.8) is 0 Å². The van der Waals surface area contributed by atoms with Gasteiger partial charge in [0.25, 0.3) is 0 Å². The number of para-hydroxylation sites is 1. The molecule has 1 aliphatic rings. The Balaban J connectivity index is 1.44. The average Bonchev–Trinajstić information content (AvgIpc) is 3.37. The van der Waals surface area contributed by atoms with Crippen molar-refractivity contribution in [2.75, 3.05) is 19.6 Å². The minimum absolute atomic E-state index is 0.0135. The van der Waals surface area contributed by atoms with E-state index < -0.39 is 9.84 Å². The van der Waals surface area contributed by atoms with Crippen molar-refractivity contribution in [2.45, 2.75) is 36.5 Å². The summed E-state index contributed by atoms with van der Waals surface area (Å²) >= 11 is 5.91. The summed E-state index contributed by atoms with van der Waals surface area (Å²) in [5, 5.41) is 4.00. The van der Waals surface area contributed by atoms with Gasteiger partial charge in [-0.25, -0.2) is 8.42 Å². The highest BCUT2D eigenvalue weighted by Gasteiger charge is 2.23. The van der Waals surface area contributed by atoms with Gasteiger partial charge in [0.05, 0.1) is 10.6 Å². The molecule has 0 unspecified atom stereocenters. The Morgan fingerprint density at radius 1 is 1.09 bits per heavy atom. The molecule has 174 valence electrons. The number of nitrogens with zero attached hydrogens (tertiary/aromatic N) is 2. The molecule has 0 aliphatic carbocycles. The van der Waals surface area contributed by atoms with E-state index in [1.54, 1.807) is 47.2 Å².